The quantitative estimate of drug-likeness (QED) is 0.632. The van der Waals surface area contributed by atoms with Crippen LogP contribution in [0.3, 0.4) is 0 Å². The molecule has 6 heteroatoms. The van der Waals surface area contributed by atoms with Gasteiger partial charge in [0.25, 0.3) is 0 Å². The molecule has 6 nitrogen and oxygen atoms in total. The third-order valence-electron chi connectivity index (χ3n) is 3.90. The van der Waals surface area contributed by atoms with Gasteiger partial charge in [-0.15, -0.1) is 0 Å². The van der Waals surface area contributed by atoms with Gasteiger partial charge in [0.05, 0.1) is 13.2 Å². The zero-order valence-electron chi connectivity index (χ0n) is 15.5. The molecule has 0 aromatic heterocycles. The van der Waals surface area contributed by atoms with Crippen molar-refractivity contribution >= 4 is 6.09 Å². The van der Waals surface area contributed by atoms with Crippen molar-refractivity contribution in [3.05, 3.63) is 0 Å². The summed E-state index contributed by atoms with van der Waals surface area (Å²) in [4.78, 5) is 13.8. The molecule has 2 atom stereocenters. The van der Waals surface area contributed by atoms with Crippen LogP contribution in [0.1, 0.15) is 40.0 Å². The van der Waals surface area contributed by atoms with E-state index in [0.29, 0.717) is 18.5 Å². The first-order valence-electron chi connectivity index (χ1n) is 8.70. The number of carbonyl (C=O) groups is 1. The van der Waals surface area contributed by atoms with Crippen molar-refractivity contribution in [2.75, 3.05) is 46.9 Å². The molecule has 1 rings (SSSR count). The highest BCUT2D eigenvalue weighted by Gasteiger charge is 2.27. The van der Waals surface area contributed by atoms with E-state index < -0.39 is 5.60 Å². The monoisotopic (exact) mass is 329 g/mol. The van der Waals surface area contributed by atoms with Gasteiger partial charge >= 0.3 is 6.09 Å². The highest BCUT2D eigenvalue weighted by atomic mass is 16.6. The fraction of sp³-hybridized carbons (Fsp3) is 0.941. The predicted octanol–water partition coefficient (Wildman–Crippen LogP) is 1.85. The Labute approximate surface area is 141 Å². The van der Waals surface area contributed by atoms with Gasteiger partial charge in [0.2, 0.25) is 0 Å². The SMILES string of the molecule is CN(C)CCOCCNC1CCCC1CNC(=O)OC(C)(C)C. The fourth-order valence-electron chi connectivity index (χ4n) is 2.74. The molecule has 1 aliphatic rings. The summed E-state index contributed by atoms with van der Waals surface area (Å²) in [6, 6.07) is 0.461. The molecule has 0 spiro atoms. The predicted molar refractivity (Wildman–Crippen MR) is 92.7 cm³/mol. The summed E-state index contributed by atoms with van der Waals surface area (Å²) in [7, 11) is 4.09. The Morgan fingerprint density at radius 3 is 2.61 bits per heavy atom. The lowest BCUT2D eigenvalue weighted by Crippen LogP contribution is -2.41. The third kappa shape index (κ3) is 9.79. The molecule has 0 aliphatic heterocycles. The van der Waals surface area contributed by atoms with Gasteiger partial charge in [-0.3, -0.25) is 0 Å². The Kier molecular flexibility index (Phi) is 8.87. The highest BCUT2D eigenvalue weighted by molar-refractivity contribution is 5.67. The van der Waals surface area contributed by atoms with Crippen LogP contribution in [0.15, 0.2) is 0 Å². The molecule has 0 radical (unpaired) electrons. The highest BCUT2D eigenvalue weighted by Crippen LogP contribution is 2.25. The molecule has 0 saturated heterocycles. The average Bonchev–Trinajstić information content (AvgIpc) is 2.85. The van der Waals surface area contributed by atoms with Crippen molar-refractivity contribution in [3.63, 3.8) is 0 Å². The summed E-state index contributed by atoms with van der Waals surface area (Å²) in [6.45, 7) is 9.62. The molecule has 2 unspecified atom stereocenters. The largest absolute Gasteiger partial charge is 0.444 e. The van der Waals surface area contributed by atoms with Gasteiger partial charge < -0.3 is 25.0 Å². The van der Waals surface area contributed by atoms with Gasteiger partial charge in [-0.2, -0.15) is 0 Å². The lowest BCUT2D eigenvalue weighted by molar-refractivity contribution is 0.0516. The first-order chi connectivity index (χ1) is 10.8. The molecular weight excluding hydrogens is 294 g/mol. The zero-order valence-corrected chi connectivity index (χ0v) is 15.5. The number of hydrogen-bond donors (Lipinski definition) is 2. The van der Waals surface area contributed by atoms with Crippen molar-refractivity contribution in [1.29, 1.82) is 0 Å². The minimum atomic E-state index is -0.443. The van der Waals surface area contributed by atoms with Crippen LogP contribution in [-0.4, -0.2) is 69.6 Å². The van der Waals surface area contributed by atoms with Gasteiger partial charge in [-0.25, -0.2) is 4.79 Å². The number of nitrogens with zero attached hydrogens (tertiary/aromatic N) is 1. The van der Waals surface area contributed by atoms with Crippen molar-refractivity contribution in [2.24, 2.45) is 5.92 Å². The molecule has 1 aliphatic carbocycles. The lowest BCUT2D eigenvalue weighted by atomic mass is 10.0. The van der Waals surface area contributed by atoms with Crippen LogP contribution in [0, 0.1) is 5.92 Å². The second-order valence-corrected chi connectivity index (χ2v) is 7.55. The lowest BCUT2D eigenvalue weighted by Gasteiger charge is -2.23. The van der Waals surface area contributed by atoms with E-state index in [2.05, 4.69) is 15.5 Å². The molecular formula is C17H35N3O3. The Balaban J connectivity index is 2.15. The molecule has 0 aromatic rings. The van der Waals surface area contributed by atoms with Crippen LogP contribution in [0.4, 0.5) is 4.79 Å². The van der Waals surface area contributed by atoms with Crippen molar-refractivity contribution < 1.29 is 14.3 Å². The van der Waals surface area contributed by atoms with Gasteiger partial charge in [0.1, 0.15) is 5.60 Å². The van der Waals surface area contributed by atoms with Gasteiger partial charge in [-0.05, 0) is 53.6 Å². The fourth-order valence-corrected chi connectivity index (χ4v) is 2.74. The Bertz CT molecular complexity index is 342. The average molecular weight is 329 g/mol. The van der Waals surface area contributed by atoms with Crippen LogP contribution < -0.4 is 10.6 Å². The second-order valence-electron chi connectivity index (χ2n) is 7.55. The minimum absolute atomic E-state index is 0.324. The van der Waals surface area contributed by atoms with Crippen molar-refractivity contribution in [2.45, 2.75) is 51.7 Å². The third-order valence-corrected chi connectivity index (χ3v) is 3.90. The maximum absolute atomic E-state index is 11.7. The van der Waals surface area contributed by atoms with E-state index in [9.17, 15) is 4.79 Å². The van der Waals surface area contributed by atoms with E-state index in [0.717, 1.165) is 32.7 Å². The van der Waals surface area contributed by atoms with E-state index in [-0.39, 0.29) is 6.09 Å². The number of alkyl carbamates (subject to hydrolysis) is 1. The van der Waals surface area contributed by atoms with E-state index in [1.807, 2.05) is 34.9 Å². The first kappa shape index (κ1) is 20.2. The van der Waals surface area contributed by atoms with E-state index in [1.54, 1.807) is 0 Å². The Hall–Kier alpha value is -0.850. The molecule has 1 fully saturated rings. The van der Waals surface area contributed by atoms with Gasteiger partial charge in [0, 0.05) is 25.7 Å². The normalized spacial score (nSPS) is 21.7. The maximum atomic E-state index is 11.7. The molecule has 0 aromatic carbocycles. The maximum Gasteiger partial charge on any atom is 0.407 e. The molecule has 0 bridgehead atoms. The smallest absolute Gasteiger partial charge is 0.407 e. The minimum Gasteiger partial charge on any atom is -0.444 e. The number of likely N-dealkylation sites (N-methyl/N-ethyl adjacent to an activating group) is 1. The summed E-state index contributed by atoms with van der Waals surface area (Å²) in [5.74, 6) is 0.476. The van der Waals surface area contributed by atoms with E-state index in [4.69, 9.17) is 9.47 Å². The van der Waals surface area contributed by atoms with Crippen LogP contribution >= 0.6 is 0 Å². The Morgan fingerprint density at radius 2 is 1.96 bits per heavy atom. The van der Waals surface area contributed by atoms with Crippen LogP contribution in [0.5, 0.6) is 0 Å². The second kappa shape index (κ2) is 10.1. The number of carbonyl (C=O) groups excluding carboxylic acids is 1. The van der Waals surface area contributed by atoms with Crippen molar-refractivity contribution in [3.8, 4) is 0 Å². The summed E-state index contributed by atoms with van der Waals surface area (Å²) >= 11 is 0. The molecule has 0 heterocycles. The zero-order chi connectivity index (χ0) is 17.3. The number of rotatable bonds is 9. The van der Waals surface area contributed by atoms with Crippen LogP contribution in [0.2, 0.25) is 0 Å². The van der Waals surface area contributed by atoms with E-state index >= 15 is 0 Å². The molecule has 2 N–H and O–H groups in total. The topological polar surface area (TPSA) is 62.8 Å². The first-order valence-corrected chi connectivity index (χ1v) is 8.70. The number of amides is 1. The summed E-state index contributed by atoms with van der Waals surface area (Å²) in [5.41, 5.74) is -0.443. The Morgan fingerprint density at radius 1 is 1.22 bits per heavy atom. The van der Waals surface area contributed by atoms with Crippen LogP contribution in [0.25, 0.3) is 0 Å². The van der Waals surface area contributed by atoms with E-state index in [1.165, 1.54) is 12.8 Å². The molecule has 136 valence electrons. The summed E-state index contributed by atoms with van der Waals surface area (Å²) < 4.78 is 10.9. The van der Waals surface area contributed by atoms with Gasteiger partial charge in [0.15, 0.2) is 0 Å². The summed E-state index contributed by atoms with van der Waals surface area (Å²) in [6.07, 6.45) is 3.20. The number of nitrogens with one attached hydrogen (secondary N) is 2. The molecule has 1 amide bonds. The number of ether oxygens (including phenoxy) is 2. The van der Waals surface area contributed by atoms with Gasteiger partial charge in [-0.1, -0.05) is 6.42 Å². The molecule has 23 heavy (non-hydrogen) atoms. The summed E-state index contributed by atoms with van der Waals surface area (Å²) in [5, 5.41) is 6.46. The van der Waals surface area contributed by atoms with Crippen LogP contribution in [-0.2, 0) is 9.47 Å². The number of hydrogen-bond acceptors (Lipinski definition) is 5. The molecule has 1 saturated carbocycles. The standard InChI is InChI=1S/C17H35N3O3/c1-17(2,3)23-16(21)19-13-14-7-6-8-15(14)18-9-11-22-12-10-20(4)5/h14-15,18H,6-13H2,1-5H3,(H,19,21). The van der Waals surface area contributed by atoms with Crippen molar-refractivity contribution in [1.82, 2.24) is 15.5 Å².